The van der Waals surface area contributed by atoms with Crippen molar-refractivity contribution in [1.82, 2.24) is 9.97 Å². The normalized spacial score (nSPS) is 15.2. The molecule has 1 aliphatic rings. The highest BCUT2D eigenvalue weighted by atomic mass is 35.5. The van der Waals surface area contributed by atoms with E-state index < -0.39 is 23.1 Å². The van der Waals surface area contributed by atoms with Crippen LogP contribution >= 0.6 is 11.6 Å². The van der Waals surface area contributed by atoms with Crippen LogP contribution < -0.4 is 15.0 Å². The molecule has 1 aromatic heterocycles. The fourth-order valence-electron chi connectivity index (χ4n) is 4.53. The summed E-state index contributed by atoms with van der Waals surface area (Å²) in [4.78, 5) is 36.8. The van der Waals surface area contributed by atoms with E-state index in [0.717, 1.165) is 11.3 Å². The first-order chi connectivity index (χ1) is 18.2. The van der Waals surface area contributed by atoms with Crippen LogP contribution in [0.2, 0.25) is 0 Å². The first kappa shape index (κ1) is 28.2. The number of carbonyl (C=O) groups is 2. The lowest BCUT2D eigenvalue weighted by molar-refractivity contribution is -0.156. The van der Waals surface area contributed by atoms with Crippen molar-refractivity contribution in [2.75, 3.05) is 10.2 Å². The zero-order valence-electron chi connectivity index (χ0n) is 22.2. The zero-order chi connectivity index (χ0) is 28.5. The van der Waals surface area contributed by atoms with Crippen molar-refractivity contribution in [2.45, 2.75) is 64.3 Å². The van der Waals surface area contributed by atoms with Crippen molar-refractivity contribution in [1.29, 1.82) is 0 Å². The van der Waals surface area contributed by atoms with Gasteiger partial charge in [-0.25, -0.2) is 14.8 Å². The molecule has 3 aromatic rings. The monoisotopic (exact) mass is 558 g/mol. The second-order valence-corrected chi connectivity index (χ2v) is 10.9. The smallest absolute Gasteiger partial charge is 0.458 e. The van der Waals surface area contributed by atoms with Crippen LogP contribution in [-0.2, 0) is 16.0 Å². The molecular formula is C28H29ClF2N4O4. The number of esters is 1. The summed E-state index contributed by atoms with van der Waals surface area (Å²) in [6.45, 7) is 9.45. The van der Waals surface area contributed by atoms with Crippen molar-refractivity contribution in [3.63, 3.8) is 0 Å². The van der Waals surface area contributed by atoms with Gasteiger partial charge in [0.1, 0.15) is 23.7 Å². The summed E-state index contributed by atoms with van der Waals surface area (Å²) < 4.78 is 35.8. The van der Waals surface area contributed by atoms with Crippen LogP contribution in [0.5, 0.6) is 5.75 Å². The van der Waals surface area contributed by atoms with Gasteiger partial charge in [0.25, 0.3) is 5.91 Å². The van der Waals surface area contributed by atoms with E-state index in [1.165, 1.54) is 30.6 Å². The van der Waals surface area contributed by atoms with Gasteiger partial charge in [0.15, 0.2) is 0 Å². The molecule has 0 saturated carbocycles. The Balaban J connectivity index is 1.71. The summed E-state index contributed by atoms with van der Waals surface area (Å²) in [5, 5.41) is 2.77. The van der Waals surface area contributed by atoms with E-state index in [0.29, 0.717) is 28.8 Å². The Morgan fingerprint density at radius 2 is 1.74 bits per heavy atom. The lowest BCUT2D eigenvalue weighted by atomic mass is 9.97. The molecule has 1 N–H and O–H groups in total. The van der Waals surface area contributed by atoms with Crippen LogP contribution in [0.25, 0.3) is 11.1 Å². The first-order valence-corrected chi connectivity index (χ1v) is 12.7. The van der Waals surface area contributed by atoms with E-state index in [-0.39, 0.29) is 17.8 Å². The van der Waals surface area contributed by atoms with Crippen molar-refractivity contribution >= 4 is 34.9 Å². The third-order valence-electron chi connectivity index (χ3n) is 5.91. The van der Waals surface area contributed by atoms with Crippen molar-refractivity contribution in [3.8, 4) is 16.9 Å². The van der Waals surface area contributed by atoms with Crippen LogP contribution in [0.15, 0.2) is 55.1 Å². The van der Waals surface area contributed by atoms with Gasteiger partial charge in [-0.05, 0) is 76.6 Å². The molecule has 0 bridgehead atoms. The lowest BCUT2D eigenvalue weighted by Gasteiger charge is -2.33. The highest BCUT2D eigenvalue weighted by Crippen LogP contribution is 2.43. The highest BCUT2D eigenvalue weighted by molar-refractivity contribution is 6.20. The standard InChI is InChI=1S/C28H29ClF2N4O4/c1-16(2)35-23(26(37)39-27(3,4)5)12-17-10-18(11-22(24(17)35)19-13-32-15-33-14-19)25(36)34-20-6-8-21(9-7-20)38-28(29,30)31/h6-11,13-16,23H,12H2,1-5H3,(H,34,36). The second-order valence-electron chi connectivity index (χ2n) is 10.4. The Morgan fingerprint density at radius 3 is 2.31 bits per heavy atom. The maximum absolute atomic E-state index is 13.3. The van der Waals surface area contributed by atoms with Crippen LogP contribution in [0.1, 0.15) is 50.5 Å². The number of carbonyl (C=O) groups excluding carboxylic acids is 2. The fourth-order valence-corrected chi connectivity index (χ4v) is 4.62. The van der Waals surface area contributed by atoms with E-state index in [1.807, 2.05) is 39.5 Å². The minimum Gasteiger partial charge on any atom is -0.458 e. The van der Waals surface area contributed by atoms with Gasteiger partial charge in [-0.3, -0.25) is 4.79 Å². The number of halogens is 3. The molecule has 1 amide bonds. The van der Waals surface area contributed by atoms with Crippen LogP contribution in [-0.4, -0.2) is 45.1 Å². The number of fused-ring (bicyclic) bond motifs is 1. The Kier molecular flexibility index (Phi) is 7.79. The van der Waals surface area contributed by atoms with E-state index in [1.54, 1.807) is 24.5 Å². The molecule has 2 heterocycles. The average Bonchev–Trinajstić information content (AvgIpc) is 3.23. The van der Waals surface area contributed by atoms with Crippen LogP contribution in [0.3, 0.4) is 0 Å². The number of hydrogen-bond acceptors (Lipinski definition) is 7. The summed E-state index contributed by atoms with van der Waals surface area (Å²) in [5.74, 6) is -0.929. The molecule has 11 heteroatoms. The highest BCUT2D eigenvalue weighted by Gasteiger charge is 2.40. The largest absolute Gasteiger partial charge is 0.487 e. The van der Waals surface area contributed by atoms with Crippen LogP contribution in [0.4, 0.5) is 20.2 Å². The topological polar surface area (TPSA) is 93.7 Å². The Hall–Kier alpha value is -3.79. The Morgan fingerprint density at radius 1 is 1.10 bits per heavy atom. The summed E-state index contributed by atoms with van der Waals surface area (Å²) >= 11 is 4.81. The van der Waals surface area contributed by atoms with Crippen LogP contribution in [0, 0.1) is 0 Å². The number of nitrogens with one attached hydrogen (secondary N) is 1. The number of amides is 1. The molecule has 0 saturated heterocycles. The molecule has 8 nitrogen and oxygen atoms in total. The van der Waals surface area contributed by atoms with Gasteiger partial charge in [0, 0.05) is 64.5 Å². The Bertz CT molecular complexity index is 1360. The molecule has 0 spiro atoms. The average molecular weight is 559 g/mol. The molecule has 1 unspecified atom stereocenters. The summed E-state index contributed by atoms with van der Waals surface area (Å²) in [7, 11) is 0. The fraction of sp³-hybridized carbons (Fsp3) is 0.357. The number of anilines is 2. The van der Waals surface area contributed by atoms with Crippen molar-refractivity contribution < 1.29 is 27.8 Å². The second kappa shape index (κ2) is 10.8. The number of aromatic nitrogens is 2. The SMILES string of the molecule is CC(C)N1c2c(cc(C(=O)Nc3ccc(OC(F)(F)Cl)cc3)cc2-c2cncnc2)CC1C(=O)OC(C)(C)C. The summed E-state index contributed by atoms with van der Waals surface area (Å²) in [6.07, 6.45) is 5.06. The zero-order valence-corrected chi connectivity index (χ0v) is 22.9. The number of benzene rings is 2. The third-order valence-corrected chi connectivity index (χ3v) is 5.99. The number of rotatable bonds is 7. The molecule has 0 radical (unpaired) electrons. The Labute approximate surface area is 230 Å². The van der Waals surface area contributed by atoms with Gasteiger partial charge in [-0.2, -0.15) is 0 Å². The molecule has 1 aliphatic heterocycles. The molecule has 1 atom stereocenters. The molecular weight excluding hydrogens is 530 g/mol. The predicted octanol–water partition coefficient (Wildman–Crippen LogP) is 6.05. The molecule has 0 fully saturated rings. The lowest BCUT2D eigenvalue weighted by Crippen LogP contribution is -2.46. The molecule has 0 aliphatic carbocycles. The van der Waals surface area contributed by atoms with E-state index >= 15 is 0 Å². The summed E-state index contributed by atoms with van der Waals surface area (Å²) in [6, 6.07) is 8.25. The van der Waals surface area contributed by atoms with Crippen molar-refractivity contribution in [2.24, 2.45) is 0 Å². The quantitative estimate of drug-likeness (QED) is 0.279. The molecule has 39 heavy (non-hydrogen) atoms. The van der Waals surface area contributed by atoms with E-state index in [2.05, 4.69) is 20.0 Å². The molecule has 2 aromatic carbocycles. The number of ether oxygens (including phenoxy) is 2. The van der Waals surface area contributed by atoms with Gasteiger partial charge in [0.05, 0.1) is 0 Å². The van der Waals surface area contributed by atoms with E-state index in [4.69, 9.17) is 16.3 Å². The van der Waals surface area contributed by atoms with E-state index in [9.17, 15) is 18.4 Å². The number of alkyl halides is 3. The minimum absolute atomic E-state index is 0.0482. The minimum atomic E-state index is -3.84. The first-order valence-electron chi connectivity index (χ1n) is 12.3. The van der Waals surface area contributed by atoms with Gasteiger partial charge < -0.3 is 19.7 Å². The molecule has 4 rings (SSSR count). The summed E-state index contributed by atoms with van der Waals surface area (Å²) in [5.41, 5.74) is -0.785. The van der Waals surface area contributed by atoms with Crippen molar-refractivity contribution in [3.05, 3.63) is 66.2 Å². The third kappa shape index (κ3) is 6.81. The molecule has 206 valence electrons. The predicted molar refractivity (Wildman–Crippen MR) is 144 cm³/mol. The number of nitrogens with zero attached hydrogens (tertiary/aromatic N) is 3. The van der Waals surface area contributed by atoms with Gasteiger partial charge in [0.2, 0.25) is 0 Å². The van der Waals surface area contributed by atoms with Gasteiger partial charge in [-0.1, -0.05) is 0 Å². The number of hydrogen-bond donors (Lipinski definition) is 1. The maximum atomic E-state index is 13.3. The van der Waals surface area contributed by atoms with Gasteiger partial charge >= 0.3 is 11.5 Å². The van der Waals surface area contributed by atoms with Gasteiger partial charge in [-0.15, -0.1) is 8.78 Å². The maximum Gasteiger partial charge on any atom is 0.487 e.